The Morgan fingerprint density at radius 3 is 2.24 bits per heavy atom. The Bertz CT molecular complexity index is 397. The van der Waals surface area contributed by atoms with Crippen LogP contribution in [0.2, 0.25) is 0 Å². The van der Waals surface area contributed by atoms with E-state index in [1.54, 1.807) is 4.90 Å². The second-order valence-electron chi connectivity index (χ2n) is 3.80. The zero-order valence-corrected chi connectivity index (χ0v) is 10.2. The summed E-state index contributed by atoms with van der Waals surface area (Å²) in [7, 11) is -4.50. The van der Waals surface area contributed by atoms with E-state index in [0.717, 1.165) is 25.7 Å². The summed E-state index contributed by atoms with van der Waals surface area (Å²) >= 11 is 0. The Hall–Kier alpha value is -1.35. The number of hydrogen-bond donors (Lipinski definition) is 4. The van der Waals surface area contributed by atoms with Crippen LogP contribution in [0.1, 0.15) is 25.7 Å². The van der Waals surface area contributed by atoms with Gasteiger partial charge in [-0.3, -0.25) is 15.3 Å². The van der Waals surface area contributed by atoms with Gasteiger partial charge in [0.1, 0.15) is 0 Å². The highest BCUT2D eigenvalue weighted by molar-refractivity contribution is 7.84. The van der Waals surface area contributed by atoms with Gasteiger partial charge in [0.15, 0.2) is 5.96 Å². The summed E-state index contributed by atoms with van der Waals surface area (Å²) in [6.45, 7) is 1.24. The van der Waals surface area contributed by atoms with Crippen LogP contribution >= 0.6 is 0 Å². The number of nitrogens with zero attached hydrogens (tertiary/aromatic N) is 2. The summed E-state index contributed by atoms with van der Waals surface area (Å²) in [6.07, 6.45) is 3.94. The second kappa shape index (κ2) is 5.82. The van der Waals surface area contributed by atoms with Crippen molar-refractivity contribution in [1.82, 2.24) is 10.2 Å². The lowest BCUT2D eigenvalue weighted by molar-refractivity contribution is 0.423. The van der Waals surface area contributed by atoms with Crippen molar-refractivity contribution in [2.75, 3.05) is 13.1 Å². The molecule has 0 atom stereocenters. The molecule has 1 saturated heterocycles. The predicted octanol–water partition coefficient (Wildman–Crippen LogP) is -0.496. The largest absolute Gasteiger partial charge is 0.381 e. The van der Waals surface area contributed by atoms with Crippen LogP contribution in [0.25, 0.3) is 0 Å². The van der Waals surface area contributed by atoms with Gasteiger partial charge >= 0.3 is 10.3 Å². The van der Waals surface area contributed by atoms with E-state index >= 15 is 0 Å². The third-order valence-electron chi connectivity index (χ3n) is 2.35. The number of guanidine groups is 2. The lowest BCUT2D eigenvalue weighted by atomic mass is 10.2. The SMILES string of the molecule is N=C(N)NC(=NS(=O)(=O)O)N1CCCCCC1. The minimum Gasteiger partial charge on any atom is -0.370 e. The van der Waals surface area contributed by atoms with E-state index in [2.05, 4.69) is 9.71 Å². The minimum absolute atomic E-state index is 0.0955. The quantitative estimate of drug-likeness (QED) is 0.286. The fraction of sp³-hybridized carbons (Fsp3) is 0.750. The third-order valence-corrected chi connectivity index (χ3v) is 2.76. The first-order chi connectivity index (χ1) is 7.88. The van der Waals surface area contributed by atoms with Gasteiger partial charge in [0.2, 0.25) is 5.96 Å². The number of nitrogens with two attached hydrogens (primary N) is 1. The molecule has 0 aromatic heterocycles. The first-order valence-electron chi connectivity index (χ1n) is 5.32. The fourth-order valence-electron chi connectivity index (χ4n) is 1.67. The Labute approximate surface area is 100 Å². The summed E-state index contributed by atoms with van der Waals surface area (Å²) in [5.74, 6) is -0.515. The molecule has 0 amide bonds. The highest BCUT2D eigenvalue weighted by atomic mass is 32.2. The monoisotopic (exact) mass is 263 g/mol. The molecule has 17 heavy (non-hydrogen) atoms. The summed E-state index contributed by atoms with van der Waals surface area (Å²) in [4.78, 5) is 1.67. The highest BCUT2D eigenvalue weighted by Crippen LogP contribution is 2.10. The molecule has 1 aliphatic rings. The molecule has 5 N–H and O–H groups in total. The molecule has 8 nitrogen and oxygen atoms in total. The van der Waals surface area contributed by atoms with Crippen LogP contribution < -0.4 is 11.1 Å². The van der Waals surface area contributed by atoms with Crippen LogP contribution in [0.4, 0.5) is 0 Å². The summed E-state index contributed by atoms with van der Waals surface area (Å²) in [5.41, 5.74) is 5.15. The Morgan fingerprint density at radius 2 is 1.82 bits per heavy atom. The lowest BCUT2D eigenvalue weighted by Crippen LogP contribution is -2.47. The number of nitrogens with one attached hydrogen (secondary N) is 2. The second-order valence-corrected chi connectivity index (χ2v) is 4.88. The molecule has 0 unspecified atom stereocenters. The molecule has 0 saturated carbocycles. The van der Waals surface area contributed by atoms with Crippen molar-refractivity contribution in [1.29, 1.82) is 5.41 Å². The standard InChI is InChI=1S/C8H17N5O3S/c9-7(10)11-8(12-17(14,15)16)13-5-3-1-2-4-6-13/h1-6H2,(H,14,15,16)(H4,9,10,11,12). The van der Waals surface area contributed by atoms with Gasteiger partial charge in [0.25, 0.3) is 0 Å². The molecular weight excluding hydrogens is 246 g/mol. The molecule has 98 valence electrons. The van der Waals surface area contributed by atoms with Gasteiger partial charge in [-0.15, -0.1) is 4.40 Å². The molecule has 0 aromatic rings. The van der Waals surface area contributed by atoms with Crippen LogP contribution in [-0.4, -0.2) is 42.9 Å². The minimum atomic E-state index is -4.50. The normalized spacial score (nSPS) is 18.6. The zero-order chi connectivity index (χ0) is 12.9. The van der Waals surface area contributed by atoms with Crippen molar-refractivity contribution >= 4 is 22.2 Å². The molecule has 1 fully saturated rings. The van der Waals surface area contributed by atoms with Crippen LogP contribution in [0, 0.1) is 5.41 Å². The summed E-state index contributed by atoms with van der Waals surface area (Å²) in [6, 6.07) is 0. The molecule has 0 aromatic carbocycles. The first-order valence-corrected chi connectivity index (χ1v) is 6.71. The average molecular weight is 263 g/mol. The van der Waals surface area contributed by atoms with Crippen molar-refractivity contribution in [3.05, 3.63) is 0 Å². The highest BCUT2D eigenvalue weighted by Gasteiger charge is 2.17. The maximum absolute atomic E-state index is 10.7. The van der Waals surface area contributed by atoms with Crippen LogP contribution in [0.5, 0.6) is 0 Å². The van der Waals surface area contributed by atoms with Crippen molar-refractivity contribution < 1.29 is 13.0 Å². The molecule has 1 heterocycles. The van der Waals surface area contributed by atoms with E-state index in [1.807, 2.05) is 0 Å². The van der Waals surface area contributed by atoms with Gasteiger partial charge < -0.3 is 10.6 Å². The zero-order valence-electron chi connectivity index (χ0n) is 9.39. The van der Waals surface area contributed by atoms with Gasteiger partial charge in [0, 0.05) is 13.1 Å². The molecule has 1 aliphatic heterocycles. The number of hydrogen-bond acceptors (Lipinski definition) is 3. The van der Waals surface area contributed by atoms with E-state index in [-0.39, 0.29) is 5.96 Å². The molecule has 0 radical (unpaired) electrons. The molecule has 0 bridgehead atoms. The molecule has 1 rings (SSSR count). The van der Waals surface area contributed by atoms with E-state index < -0.39 is 16.3 Å². The van der Waals surface area contributed by atoms with Crippen LogP contribution in [-0.2, 0) is 10.3 Å². The van der Waals surface area contributed by atoms with Crippen LogP contribution in [0.3, 0.4) is 0 Å². The van der Waals surface area contributed by atoms with E-state index in [9.17, 15) is 8.42 Å². The first kappa shape index (κ1) is 13.7. The van der Waals surface area contributed by atoms with Crippen molar-refractivity contribution in [3.8, 4) is 0 Å². The topological polar surface area (TPSA) is 132 Å². The maximum Gasteiger partial charge on any atom is 0.381 e. The van der Waals surface area contributed by atoms with Crippen molar-refractivity contribution in [2.24, 2.45) is 10.1 Å². The van der Waals surface area contributed by atoms with Crippen molar-refractivity contribution in [2.45, 2.75) is 25.7 Å². The van der Waals surface area contributed by atoms with Gasteiger partial charge in [0.05, 0.1) is 0 Å². The molecule has 9 heteroatoms. The number of likely N-dealkylation sites (tertiary alicyclic amines) is 1. The summed E-state index contributed by atoms with van der Waals surface area (Å²) in [5, 5.41) is 9.42. The molecular formula is C8H17N5O3S. The van der Waals surface area contributed by atoms with Crippen molar-refractivity contribution in [3.63, 3.8) is 0 Å². The van der Waals surface area contributed by atoms with E-state index in [0.29, 0.717) is 13.1 Å². The van der Waals surface area contributed by atoms with E-state index in [4.69, 9.17) is 15.7 Å². The maximum atomic E-state index is 10.7. The van der Waals surface area contributed by atoms with Gasteiger partial charge in [-0.2, -0.15) is 8.42 Å². The van der Waals surface area contributed by atoms with Gasteiger partial charge in [-0.25, -0.2) is 0 Å². The summed E-state index contributed by atoms with van der Waals surface area (Å²) < 4.78 is 33.3. The third kappa shape index (κ3) is 5.50. The van der Waals surface area contributed by atoms with Gasteiger partial charge in [-0.05, 0) is 12.8 Å². The fourth-order valence-corrected chi connectivity index (χ4v) is 2.05. The average Bonchev–Trinajstić information content (AvgIpc) is 2.41. The van der Waals surface area contributed by atoms with Gasteiger partial charge in [-0.1, -0.05) is 12.8 Å². The Morgan fingerprint density at radius 1 is 1.29 bits per heavy atom. The molecule has 0 spiro atoms. The molecule has 0 aliphatic carbocycles. The van der Waals surface area contributed by atoms with E-state index in [1.165, 1.54) is 0 Å². The predicted molar refractivity (Wildman–Crippen MR) is 64.1 cm³/mol. The smallest absolute Gasteiger partial charge is 0.370 e. The van der Waals surface area contributed by atoms with Crippen LogP contribution in [0.15, 0.2) is 4.40 Å². The number of rotatable bonds is 1. The Balaban J connectivity index is 2.88. The Kier molecular flexibility index (Phi) is 4.70. The lowest BCUT2D eigenvalue weighted by Gasteiger charge is -2.23.